The maximum absolute atomic E-state index is 6.53. The number of para-hydroxylation sites is 2. The van der Waals surface area contributed by atoms with Gasteiger partial charge in [0.15, 0.2) is 17.5 Å². The van der Waals surface area contributed by atoms with Gasteiger partial charge in [-0.1, -0.05) is 152 Å². The van der Waals surface area contributed by atoms with Gasteiger partial charge in [-0.2, -0.15) is 0 Å². The molecule has 1 spiro atoms. The van der Waals surface area contributed by atoms with Crippen molar-refractivity contribution < 1.29 is 4.74 Å². The fourth-order valence-corrected chi connectivity index (χ4v) is 8.50. The van der Waals surface area contributed by atoms with Gasteiger partial charge in [-0.15, -0.1) is 0 Å². The number of aromatic nitrogens is 3. The van der Waals surface area contributed by atoms with E-state index in [-0.39, 0.29) is 0 Å². The van der Waals surface area contributed by atoms with Crippen LogP contribution in [0.15, 0.2) is 176 Å². The largest absolute Gasteiger partial charge is 0.457 e. The lowest BCUT2D eigenvalue weighted by Crippen LogP contribution is -2.32. The van der Waals surface area contributed by atoms with E-state index in [0.717, 1.165) is 55.5 Å². The molecule has 0 saturated heterocycles. The van der Waals surface area contributed by atoms with Crippen molar-refractivity contribution in [2.45, 2.75) is 5.41 Å². The fraction of sp³-hybridized carbons (Fsp3) is 0.0208. The Morgan fingerprint density at radius 2 is 0.885 bits per heavy atom. The maximum atomic E-state index is 6.53. The van der Waals surface area contributed by atoms with Crippen molar-refractivity contribution in [3.05, 3.63) is 198 Å². The lowest BCUT2D eigenvalue weighted by molar-refractivity contribution is 0.436. The number of fused-ring (bicyclic) bond motifs is 11. The van der Waals surface area contributed by atoms with Gasteiger partial charge in [-0.25, -0.2) is 15.0 Å². The summed E-state index contributed by atoms with van der Waals surface area (Å²) in [6, 6.07) is 61.9. The number of hydrogen-bond acceptors (Lipinski definition) is 4. The van der Waals surface area contributed by atoms with Gasteiger partial charge in [0.1, 0.15) is 11.5 Å². The predicted octanol–water partition coefficient (Wildman–Crippen LogP) is 11.6. The summed E-state index contributed by atoms with van der Waals surface area (Å²) < 4.78 is 6.53. The maximum Gasteiger partial charge on any atom is 0.164 e. The zero-order chi connectivity index (χ0) is 34.2. The lowest BCUT2D eigenvalue weighted by atomic mass is 9.66. The Bertz CT molecular complexity index is 2860. The molecule has 0 amide bonds. The molecule has 0 fully saturated rings. The molecule has 242 valence electrons. The normalized spacial score (nSPS) is 13.3. The Hall–Kier alpha value is -6.91. The van der Waals surface area contributed by atoms with Crippen LogP contribution in [0.3, 0.4) is 0 Å². The Morgan fingerprint density at radius 1 is 0.346 bits per heavy atom. The standard InChI is InChI=1S/C48H29N3O/c1-2-14-32-28-33(25-24-30(32)12-1)45-49-46(51-47(50-45)37-18-11-15-31-13-3-4-16-35(31)37)34-26-27-40-38(29-34)36-17-5-6-19-39(36)48(40)41-20-7-9-22-43(41)52-44-23-10-8-21-42(44)48/h1-29H. The molecule has 0 saturated carbocycles. The molecule has 4 nitrogen and oxygen atoms in total. The van der Waals surface area contributed by atoms with E-state index in [1.807, 2.05) is 12.1 Å². The summed E-state index contributed by atoms with van der Waals surface area (Å²) >= 11 is 0. The quantitative estimate of drug-likeness (QED) is 0.189. The van der Waals surface area contributed by atoms with Crippen molar-refractivity contribution in [1.82, 2.24) is 15.0 Å². The van der Waals surface area contributed by atoms with E-state index in [0.29, 0.717) is 17.5 Å². The van der Waals surface area contributed by atoms with Gasteiger partial charge in [0.25, 0.3) is 0 Å². The molecule has 0 bridgehead atoms. The molecule has 0 radical (unpaired) electrons. The molecule has 0 N–H and O–H groups in total. The zero-order valence-electron chi connectivity index (χ0n) is 28.0. The molecule has 1 aliphatic carbocycles. The van der Waals surface area contributed by atoms with E-state index in [2.05, 4.69) is 164 Å². The van der Waals surface area contributed by atoms with Crippen LogP contribution in [0.4, 0.5) is 0 Å². The summed E-state index contributed by atoms with van der Waals surface area (Å²) in [5.41, 5.74) is 9.45. The Kier molecular flexibility index (Phi) is 6.13. The van der Waals surface area contributed by atoms with E-state index in [1.165, 1.54) is 27.6 Å². The van der Waals surface area contributed by atoms with Crippen molar-refractivity contribution in [3.8, 4) is 56.8 Å². The summed E-state index contributed by atoms with van der Waals surface area (Å²) in [5.74, 6) is 3.68. The highest BCUT2D eigenvalue weighted by Gasteiger charge is 2.51. The second-order valence-corrected chi connectivity index (χ2v) is 13.5. The van der Waals surface area contributed by atoms with E-state index < -0.39 is 5.41 Å². The minimum Gasteiger partial charge on any atom is -0.457 e. The van der Waals surface area contributed by atoms with Crippen molar-refractivity contribution in [1.29, 1.82) is 0 Å². The number of rotatable bonds is 3. The SMILES string of the molecule is c1ccc2c(c1)Oc1ccccc1C21c2ccccc2-c2cc(-c3nc(-c4ccc5ccccc5c4)nc(-c4cccc5ccccc45)n3)ccc21. The van der Waals surface area contributed by atoms with Crippen LogP contribution in [-0.4, -0.2) is 15.0 Å². The highest BCUT2D eigenvalue weighted by Crippen LogP contribution is 2.62. The van der Waals surface area contributed by atoms with Crippen LogP contribution in [0.1, 0.15) is 22.3 Å². The monoisotopic (exact) mass is 663 g/mol. The average Bonchev–Trinajstić information content (AvgIpc) is 3.50. The first-order chi connectivity index (χ1) is 25.8. The molecule has 1 aliphatic heterocycles. The lowest BCUT2D eigenvalue weighted by Gasteiger charge is -2.39. The molecule has 2 heterocycles. The predicted molar refractivity (Wildman–Crippen MR) is 209 cm³/mol. The van der Waals surface area contributed by atoms with Crippen molar-refractivity contribution in [3.63, 3.8) is 0 Å². The van der Waals surface area contributed by atoms with Crippen LogP contribution < -0.4 is 4.74 Å². The van der Waals surface area contributed by atoms with E-state index >= 15 is 0 Å². The number of benzene rings is 8. The molecule has 52 heavy (non-hydrogen) atoms. The number of ether oxygens (including phenoxy) is 1. The summed E-state index contributed by atoms with van der Waals surface area (Å²) in [4.78, 5) is 15.6. The molecule has 1 aromatic heterocycles. The highest BCUT2D eigenvalue weighted by molar-refractivity contribution is 5.96. The van der Waals surface area contributed by atoms with Crippen LogP contribution >= 0.6 is 0 Å². The molecular formula is C48H29N3O. The Balaban J connectivity index is 1.16. The molecule has 0 atom stereocenters. The second kappa shape index (κ2) is 11.0. The van der Waals surface area contributed by atoms with Gasteiger partial charge < -0.3 is 4.74 Å². The minimum atomic E-state index is -0.528. The van der Waals surface area contributed by atoms with Gasteiger partial charge in [-0.05, 0) is 68.1 Å². The van der Waals surface area contributed by atoms with Crippen LogP contribution in [0.5, 0.6) is 11.5 Å². The summed E-state index contributed by atoms with van der Waals surface area (Å²) in [5, 5.41) is 4.57. The summed E-state index contributed by atoms with van der Waals surface area (Å²) in [6.45, 7) is 0. The molecule has 2 aliphatic rings. The first kappa shape index (κ1) is 28.9. The van der Waals surface area contributed by atoms with Crippen LogP contribution in [0.25, 0.3) is 66.8 Å². The molecular weight excluding hydrogens is 635 g/mol. The third-order valence-corrected chi connectivity index (χ3v) is 10.8. The average molecular weight is 664 g/mol. The minimum absolute atomic E-state index is 0.528. The van der Waals surface area contributed by atoms with Crippen LogP contribution in [-0.2, 0) is 5.41 Å². The topological polar surface area (TPSA) is 47.9 Å². The zero-order valence-corrected chi connectivity index (χ0v) is 28.0. The fourth-order valence-electron chi connectivity index (χ4n) is 8.50. The molecule has 8 aromatic carbocycles. The van der Waals surface area contributed by atoms with Crippen LogP contribution in [0.2, 0.25) is 0 Å². The molecule has 4 heteroatoms. The van der Waals surface area contributed by atoms with Gasteiger partial charge in [-0.3, -0.25) is 0 Å². The van der Waals surface area contributed by atoms with Gasteiger partial charge in [0.05, 0.1) is 5.41 Å². The third kappa shape index (κ3) is 4.12. The Labute approximate surface area is 300 Å². The van der Waals surface area contributed by atoms with E-state index in [1.54, 1.807) is 0 Å². The second-order valence-electron chi connectivity index (χ2n) is 13.5. The first-order valence-electron chi connectivity index (χ1n) is 17.6. The van der Waals surface area contributed by atoms with Gasteiger partial charge in [0, 0.05) is 27.8 Å². The van der Waals surface area contributed by atoms with Crippen molar-refractivity contribution in [2.24, 2.45) is 0 Å². The molecule has 11 rings (SSSR count). The van der Waals surface area contributed by atoms with Crippen molar-refractivity contribution in [2.75, 3.05) is 0 Å². The Morgan fingerprint density at radius 3 is 1.67 bits per heavy atom. The van der Waals surface area contributed by atoms with Gasteiger partial charge in [0.2, 0.25) is 0 Å². The van der Waals surface area contributed by atoms with E-state index in [4.69, 9.17) is 19.7 Å². The molecule has 9 aromatic rings. The highest BCUT2D eigenvalue weighted by atomic mass is 16.5. The smallest absolute Gasteiger partial charge is 0.164 e. The van der Waals surface area contributed by atoms with E-state index in [9.17, 15) is 0 Å². The molecule has 0 unspecified atom stereocenters. The van der Waals surface area contributed by atoms with Crippen LogP contribution in [0, 0.1) is 0 Å². The number of hydrogen-bond donors (Lipinski definition) is 0. The summed E-state index contributed by atoms with van der Waals surface area (Å²) in [6.07, 6.45) is 0. The van der Waals surface area contributed by atoms with Crippen molar-refractivity contribution >= 4 is 21.5 Å². The first-order valence-corrected chi connectivity index (χ1v) is 17.6. The summed E-state index contributed by atoms with van der Waals surface area (Å²) in [7, 11) is 0. The van der Waals surface area contributed by atoms with Gasteiger partial charge >= 0.3 is 0 Å². The third-order valence-electron chi connectivity index (χ3n) is 10.8. The number of nitrogens with zero attached hydrogens (tertiary/aromatic N) is 3.